The molecule has 0 aliphatic carbocycles. The summed E-state index contributed by atoms with van der Waals surface area (Å²) in [5.41, 5.74) is 0.616. The smallest absolute Gasteiger partial charge is 0.260 e. The number of carbonyl (C=O) groups is 1. The van der Waals surface area contributed by atoms with Crippen molar-refractivity contribution in [2.24, 2.45) is 0 Å². The Morgan fingerprint density at radius 1 is 1.35 bits per heavy atom. The van der Waals surface area contributed by atoms with Gasteiger partial charge in [0.25, 0.3) is 10.0 Å². The van der Waals surface area contributed by atoms with E-state index in [0.29, 0.717) is 5.69 Å². The number of anilines is 1. The summed E-state index contributed by atoms with van der Waals surface area (Å²) in [7, 11) is -2.39. The molecule has 0 radical (unpaired) electrons. The summed E-state index contributed by atoms with van der Waals surface area (Å²) in [4.78, 5) is 18.0. The fourth-order valence-electron chi connectivity index (χ4n) is 1.56. The van der Waals surface area contributed by atoms with Gasteiger partial charge in [0.1, 0.15) is 0 Å². The Morgan fingerprint density at radius 2 is 2.05 bits per heavy atom. The van der Waals surface area contributed by atoms with Gasteiger partial charge < -0.3 is 10.3 Å². The lowest BCUT2D eigenvalue weighted by Crippen LogP contribution is -2.35. The van der Waals surface area contributed by atoms with Gasteiger partial charge in [0.05, 0.1) is 19.1 Å². The van der Waals surface area contributed by atoms with E-state index in [1.165, 1.54) is 19.6 Å². The van der Waals surface area contributed by atoms with Crippen molar-refractivity contribution < 1.29 is 13.2 Å². The maximum atomic E-state index is 12.1. The normalized spacial score (nSPS) is 11.5. The number of nitrogens with zero attached hydrogens (tertiary/aromatic N) is 2. The minimum Gasteiger partial charge on any atom is -0.335 e. The lowest BCUT2D eigenvalue weighted by Gasteiger charge is -2.15. The van der Waals surface area contributed by atoms with Crippen LogP contribution in [-0.2, 0) is 14.8 Å². The van der Waals surface area contributed by atoms with Gasteiger partial charge in [-0.15, -0.1) is 0 Å². The lowest BCUT2D eigenvalue weighted by atomic mass is 10.3. The second kappa shape index (κ2) is 5.85. The van der Waals surface area contributed by atoms with Crippen molar-refractivity contribution in [1.82, 2.24) is 14.3 Å². The fourth-order valence-corrected chi connectivity index (χ4v) is 2.58. The number of aromatic nitrogens is 2. The van der Waals surface area contributed by atoms with Gasteiger partial charge in [0.15, 0.2) is 5.03 Å². The van der Waals surface area contributed by atoms with Crippen LogP contribution >= 0.6 is 0 Å². The fraction of sp³-hybridized carbons (Fsp3) is 0.167. The molecule has 2 aromatic rings. The molecule has 8 heteroatoms. The summed E-state index contributed by atoms with van der Waals surface area (Å²) < 4.78 is 25.1. The van der Waals surface area contributed by atoms with Crippen LogP contribution in [0.25, 0.3) is 0 Å². The number of sulfonamides is 1. The summed E-state index contributed by atoms with van der Waals surface area (Å²) in [6.07, 6.45) is 2.46. The molecule has 2 rings (SSSR count). The number of hydrogen-bond acceptors (Lipinski definition) is 4. The SMILES string of the molecule is CN(CC(=O)Nc1ccccc1)S(=O)(=O)c1cnc[nH]1. The Kier molecular flexibility index (Phi) is 4.16. The average molecular weight is 294 g/mol. The summed E-state index contributed by atoms with van der Waals surface area (Å²) in [5, 5.41) is 2.57. The number of likely N-dealkylation sites (N-methyl/N-ethyl adjacent to an activating group) is 1. The van der Waals surface area contributed by atoms with Crippen LogP contribution in [0.1, 0.15) is 0 Å². The average Bonchev–Trinajstić information content (AvgIpc) is 2.94. The first-order chi connectivity index (χ1) is 9.50. The topological polar surface area (TPSA) is 95.2 Å². The van der Waals surface area contributed by atoms with Crippen molar-refractivity contribution in [2.75, 3.05) is 18.9 Å². The van der Waals surface area contributed by atoms with Crippen molar-refractivity contribution in [1.29, 1.82) is 0 Å². The highest BCUT2D eigenvalue weighted by Crippen LogP contribution is 2.10. The number of benzene rings is 1. The molecule has 20 heavy (non-hydrogen) atoms. The molecule has 0 bridgehead atoms. The number of hydrogen-bond donors (Lipinski definition) is 2. The van der Waals surface area contributed by atoms with E-state index in [9.17, 15) is 13.2 Å². The zero-order valence-electron chi connectivity index (χ0n) is 10.8. The molecule has 0 unspecified atom stereocenters. The highest BCUT2D eigenvalue weighted by atomic mass is 32.2. The zero-order chi connectivity index (χ0) is 14.6. The van der Waals surface area contributed by atoms with Crippen molar-refractivity contribution in [2.45, 2.75) is 5.03 Å². The van der Waals surface area contributed by atoms with Crippen molar-refractivity contribution >= 4 is 21.6 Å². The van der Waals surface area contributed by atoms with Gasteiger partial charge in [-0.1, -0.05) is 18.2 Å². The second-order valence-electron chi connectivity index (χ2n) is 4.09. The minimum atomic E-state index is -3.73. The highest BCUT2D eigenvalue weighted by Gasteiger charge is 2.24. The van der Waals surface area contributed by atoms with Crippen LogP contribution in [0.5, 0.6) is 0 Å². The van der Waals surface area contributed by atoms with E-state index in [0.717, 1.165) is 4.31 Å². The van der Waals surface area contributed by atoms with E-state index in [1.54, 1.807) is 24.3 Å². The number of rotatable bonds is 5. The van der Waals surface area contributed by atoms with Crippen LogP contribution in [0.15, 0.2) is 47.9 Å². The Bertz CT molecular complexity index is 668. The van der Waals surface area contributed by atoms with Crippen LogP contribution < -0.4 is 5.32 Å². The number of para-hydroxylation sites is 1. The monoisotopic (exact) mass is 294 g/mol. The number of carbonyl (C=O) groups excluding carboxylic acids is 1. The standard InChI is InChI=1S/C12H14N4O3S/c1-16(20(18,19)12-7-13-9-14-12)8-11(17)15-10-5-3-2-4-6-10/h2-7,9H,8H2,1H3,(H,13,14)(H,15,17). The molecule has 1 aromatic carbocycles. The van der Waals surface area contributed by atoms with E-state index in [1.807, 2.05) is 6.07 Å². The number of H-pyrrole nitrogens is 1. The summed E-state index contributed by atoms with van der Waals surface area (Å²) >= 11 is 0. The molecular formula is C12H14N4O3S. The Balaban J connectivity index is 2.01. The Hall–Kier alpha value is -2.19. The second-order valence-corrected chi connectivity index (χ2v) is 6.10. The molecular weight excluding hydrogens is 280 g/mol. The van der Waals surface area contributed by atoms with Crippen molar-refractivity contribution in [3.63, 3.8) is 0 Å². The van der Waals surface area contributed by atoms with Crippen LogP contribution in [0.2, 0.25) is 0 Å². The number of amides is 1. The number of aromatic amines is 1. The van der Waals surface area contributed by atoms with Gasteiger partial charge in [-0.05, 0) is 12.1 Å². The lowest BCUT2D eigenvalue weighted by molar-refractivity contribution is -0.116. The first-order valence-electron chi connectivity index (χ1n) is 5.80. The molecule has 106 valence electrons. The molecule has 0 fully saturated rings. The van der Waals surface area contributed by atoms with Crippen molar-refractivity contribution in [3.05, 3.63) is 42.9 Å². The molecule has 2 N–H and O–H groups in total. The maximum Gasteiger partial charge on any atom is 0.260 e. The van der Waals surface area contributed by atoms with Gasteiger partial charge >= 0.3 is 0 Å². The molecule has 0 atom stereocenters. The summed E-state index contributed by atoms with van der Waals surface area (Å²) in [6.45, 7) is -0.282. The predicted molar refractivity (Wildman–Crippen MR) is 73.5 cm³/mol. The molecule has 1 heterocycles. The largest absolute Gasteiger partial charge is 0.335 e. The molecule has 0 saturated carbocycles. The van der Waals surface area contributed by atoms with Gasteiger partial charge in [-0.25, -0.2) is 13.4 Å². The summed E-state index contributed by atoms with van der Waals surface area (Å²) in [6, 6.07) is 8.83. The predicted octanol–water partition coefficient (Wildman–Crippen LogP) is 0.669. The Morgan fingerprint density at radius 3 is 2.65 bits per heavy atom. The number of nitrogens with one attached hydrogen (secondary N) is 2. The van der Waals surface area contributed by atoms with Gasteiger partial charge in [0, 0.05) is 12.7 Å². The van der Waals surface area contributed by atoms with Crippen LogP contribution in [0.3, 0.4) is 0 Å². The zero-order valence-corrected chi connectivity index (χ0v) is 11.6. The maximum absolute atomic E-state index is 12.1. The van der Waals surface area contributed by atoms with E-state index >= 15 is 0 Å². The molecule has 0 saturated heterocycles. The first-order valence-corrected chi connectivity index (χ1v) is 7.24. The third-order valence-electron chi connectivity index (χ3n) is 2.59. The molecule has 0 aliphatic rings. The highest BCUT2D eigenvalue weighted by molar-refractivity contribution is 7.89. The summed E-state index contributed by atoms with van der Waals surface area (Å²) in [5.74, 6) is -0.415. The van der Waals surface area contributed by atoms with E-state index in [-0.39, 0.29) is 11.6 Å². The molecule has 0 spiro atoms. The van der Waals surface area contributed by atoms with Gasteiger partial charge in [-0.3, -0.25) is 4.79 Å². The number of imidazole rings is 1. The van der Waals surface area contributed by atoms with Crippen LogP contribution in [0.4, 0.5) is 5.69 Å². The quantitative estimate of drug-likeness (QED) is 0.847. The van der Waals surface area contributed by atoms with Crippen LogP contribution in [0, 0.1) is 0 Å². The van der Waals surface area contributed by atoms with E-state index in [4.69, 9.17) is 0 Å². The third kappa shape index (κ3) is 3.22. The molecule has 1 aromatic heterocycles. The minimum absolute atomic E-state index is 0.0486. The van der Waals surface area contributed by atoms with E-state index in [2.05, 4.69) is 15.3 Å². The Labute approximate surface area is 116 Å². The van der Waals surface area contributed by atoms with Crippen LogP contribution in [-0.4, -0.2) is 42.2 Å². The van der Waals surface area contributed by atoms with Gasteiger partial charge in [0.2, 0.25) is 5.91 Å². The van der Waals surface area contributed by atoms with Crippen molar-refractivity contribution in [3.8, 4) is 0 Å². The molecule has 7 nitrogen and oxygen atoms in total. The molecule has 1 amide bonds. The van der Waals surface area contributed by atoms with E-state index < -0.39 is 15.9 Å². The first kappa shape index (κ1) is 14.2. The third-order valence-corrected chi connectivity index (χ3v) is 4.31. The molecule has 0 aliphatic heterocycles. The van der Waals surface area contributed by atoms with Gasteiger partial charge in [-0.2, -0.15) is 4.31 Å².